The molecule has 1 fully saturated rings. The number of hydrogen-bond acceptors (Lipinski definition) is 3. The molecule has 112 valence electrons. The fourth-order valence-electron chi connectivity index (χ4n) is 2.26. The first-order chi connectivity index (χ1) is 10.1. The van der Waals surface area contributed by atoms with E-state index >= 15 is 0 Å². The molecular formula is C16H18ClNO3. The zero-order chi connectivity index (χ0) is 15.3. The van der Waals surface area contributed by atoms with Crippen LogP contribution in [0.15, 0.2) is 18.2 Å². The number of carbonyl (C=O) groups is 1. The summed E-state index contributed by atoms with van der Waals surface area (Å²) < 4.78 is 5.46. The molecule has 0 aromatic heterocycles. The SMILES string of the molecule is COC1(CNC(=O)c2ccc(C#CCO)c(Cl)c2)CCC1. The Bertz CT molecular complexity index is 579. The molecule has 1 aromatic rings. The predicted octanol–water partition coefficient (Wildman–Crippen LogP) is 1.98. The number of carbonyl (C=O) groups excluding carboxylic acids is 1. The summed E-state index contributed by atoms with van der Waals surface area (Å²) in [7, 11) is 1.68. The van der Waals surface area contributed by atoms with Crippen molar-refractivity contribution >= 4 is 17.5 Å². The maximum absolute atomic E-state index is 12.1. The summed E-state index contributed by atoms with van der Waals surface area (Å²) in [5.74, 6) is 5.08. The number of nitrogens with one attached hydrogen (secondary N) is 1. The molecule has 0 atom stereocenters. The van der Waals surface area contributed by atoms with Gasteiger partial charge in [0.1, 0.15) is 6.61 Å². The molecule has 2 rings (SSSR count). The molecule has 0 saturated heterocycles. The van der Waals surface area contributed by atoms with Crippen molar-refractivity contribution in [3.8, 4) is 11.8 Å². The van der Waals surface area contributed by atoms with Gasteiger partial charge >= 0.3 is 0 Å². The standard InChI is InChI=1S/C16H18ClNO3/c1-21-16(7-3-8-16)11-18-15(20)13-6-5-12(4-2-9-19)14(17)10-13/h5-6,10,19H,3,7-9,11H2,1H3,(H,18,20). The van der Waals surface area contributed by atoms with Gasteiger partial charge in [-0.15, -0.1) is 0 Å². The lowest BCUT2D eigenvalue weighted by molar-refractivity contribution is -0.0679. The molecule has 1 amide bonds. The second kappa shape index (κ2) is 6.95. The lowest BCUT2D eigenvalue weighted by atomic mass is 9.80. The van der Waals surface area contributed by atoms with Gasteiger partial charge in [-0.25, -0.2) is 0 Å². The third kappa shape index (κ3) is 3.76. The molecule has 5 heteroatoms. The van der Waals surface area contributed by atoms with E-state index in [0.29, 0.717) is 22.7 Å². The summed E-state index contributed by atoms with van der Waals surface area (Å²) in [6, 6.07) is 4.93. The monoisotopic (exact) mass is 307 g/mol. The minimum absolute atomic E-state index is 0.179. The van der Waals surface area contributed by atoms with Gasteiger partial charge in [0, 0.05) is 24.8 Å². The van der Waals surface area contributed by atoms with Crippen molar-refractivity contribution in [1.29, 1.82) is 0 Å². The quantitative estimate of drug-likeness (QED) is 0.836. The lowest BCUT2D eigenvalue weighted by Gasteiger charge is -2.40. The van der Waals surface area contributed by atoms with Gasteiger partial charge < -0.3 is 15.2 Å². The van der Waals surface area contributed by atoms with Gasteiger partial charge in [0.15, 0.2) is 0 Å². The summed E-state index contributed by atoms with van der Waals surface area (Å²) in [5, 5.41) is 11.9. The highest BCUT2D eigenvalue weighted by atomic mass is 35.5. The summed E-state index contributed by atoms with van der Waals surface area (Å²) in [5.41, 5.74) is 0.876. The Kier molecular flexibility index (Phi) is 5.24. The first-order valence-corrected chi connectivity index (χ1v) is 7.21. The van der Waals surface area contributed by atoms with Crippen molar-refractivity contribution in [2.24, 2.45) is 0 Å². The molecule has 21 heavy (non-hydrogen) atoms. The van der Waals surface area contributed by atoms with Crippen LogP contribution >= 0.6 is 11.6 Å². The van der Waals surface area contributed by atoms with Crippen molar-refractivity contribution in [2.45, 2.75) is 24.9 Å². The van der Waals surface area contributed by atoms with Crippen LogP contribution in [-0.2, 0) is 4.74 Å². The fourth-order valence-corrected chi connectivity index (χ4v) is 2.49. The van der Waals surface area contributed by atoms with E-state index in [4.69, 9.17) is 21.4 Å². The average molecular weight is 308 g/mol. The molecule has 1 aliphatic carbocycles. The topological polar surface area (TPSA) is 58.6 Å². The molecule has 2 N–H and O–H groups in total. The summed E-state index contributed by atoms with van der Waals surface area (Å²) in [6.45, 7) is 0.281. The van der Waals surface area contributed by atoms with Crippen molar-refractivity contribution < 1.29 is 14.6 Å². The summed E-state index contributed by atoms with van der Waals surface area (Å²) in [6.07, 6.45) is 3.08. The van der Waals surface area contributed by atoms with Gasteiger partial charge in [-0.2, -0.15) is 0 Å². The molecule has 1 aliphatic rings. The normalized spacial score (nSPS) is 15.6. The van der Waals surface area contributed by atoms with Crippen LogP contribution in [0, 0.1) is 11.8 Å². The van der Waals surface area contributed by atoms with E-state index in [1.54, 1.807) is 25.3 Å². The Labute approximate surface area is 129 Å². The summed E-state index contributed by atoms with van der Waals surface area (Å²) in [4.78, 5) is 12.1. The van der Waals surface area contributed by atoms with Crippen LogP contribution in [0.2, 0.25) is 5.02 Å². The maximum Gasteiger partial charge on any atom is 0.251 e. The van der Waals surface area contributed by atoms with Crippen molar-refractivity contribution in [3.63, 3.8) is 0 Å². The third-order valence-corrected chi connectivity index (χ3v) is 4.12. The Balaban J connectivity index is 2.01. The highest BCUT2D eigenvalue weighted by molar-refractivity contribution is 6.32. The molecule has 0 bridgehead atoms. The Morgan fingerprint density at radius 2 is 2.29 bits per heavy atom. The Hall–Kier alpha value is -1.54. The van der Waals surface area contributed by atoms with E-state index < -0.39 is 0 Å². The first-order valence-electron chi connectivity index (χ1n) is 6.83. The van der Waals surface area contributed by atoms with E-state index in [0.717, 1.165) is 19.3 Å². The second-order valence-corrected chi connectivity index (χ2v) is 5.49. The van der Waals surface area contributed by atoms with Crippen LogP contribution in [0.4, 0.5) is 0 Å². The second-order valence-electron chi connectivity index (χ2n) is 5.08. The number of methoxy groups -OCH3 is 1. The maximum atomic E-state index is 12.1. The Morgan fingerprint density at radius 3 is 2.81 bits per heavy atom. The molecule has 0 radical (unpaired) electrons. The molecule has 1 saturated carbocycles. The highest BCUT2D eigenvalue weighted by Crippen LogP contribution is 2.34. The van der Waals surface area contributed by atoms with Crippen molar-refractivity contribution in [1.82, 2.24) is 5.32 Å². The zero-order valence-electron chi connectivity index (χ0n) is 11.9. The van der Waals surface area contributed by atoms with Crippen LogP contribution in [0.3, 0.4) is 0 Å². The lowest BCUT2D eigenvalue weighted by Crippen LogP contribution is -2.49. The minimum atomic E-state index is -0.225. The smallest absolute Gasteiger partial charge is 0.251 e. The van der Waals surface area contributed by atoms with E-state index in [-0.39, 0.29) is 18.1 Å². The number of hydrogen-bond donors (Lipinski definition) is 2. The van der Waals surface area contributed by atoms with Gasteiger partial charge in [0.2, 0.25) is 0 Å². The molecule has 0 heterocycles. The van der Waals surface area contributed by atoms with Crippen LogP contribution in [0.25, 0.3) is 0 Å². The molecular weight excluding hydrogens is 290 g/mol. The number of benzene rings is 1. The Morgan fingerprint density at radius 1 is 1.52 bits per heavy atom. The molecule has 0 unspecified atom stereocenters. The largest absolute Gasteiger partial charge is 0.384 e. The van der Waals surface area contributed by atoms with E-state index in [2.05, 4.69) is 17.2 Å². The molecule has 1 aromatic carbocycles. The van der Waals surface area contributed by atoms with E-state index in [1.165, 1.54) is 0 Å². The van der Waals surface area contributed by atoms with Crippen molar-refractivity contribution in [3.05, 3.63) is 34.3 Å². The third-order valence-electron chi connectivity index (χ3n) is 3.80. The van der Waals surface area contributed by atoms with Gasteiger partial charge in [0.05, 0.1) is 10.6 Å². The molecule has 4 nitrogen and oxygen atoms in total. The number of aliphatic hydroxyl groups excluding tert-OH is 1. The zero-order valence-corrected chi connectivity index (χ0v) is 12.7. The predicted molar refractivity (Wildman–Crippen MR) is 81.3 cm³/mol. The van der Waals surface area contributed by atoms with E-state index in [1.807, 2.05) is 0 Å². The number of ether oxygens (including phenoxy) is 1. The van der Waals surface area contributed by atoms with Crippen LogP contribution in [-0.4, -0.2) is 36.9 Å². The highest BCUT2D eigenvalue weighted by Gasteiger charge is 2.37. The number of rotatable bonds is 4. The van der Waals surface area contributed by atoms with Crippen molar-refractivity contribution in [2.75, 3.05) is 20.3 Å². The number of aliphatic hydroxyl groups is 1. The van der Waals surface area contributed by atoms with Gasteiger partial charge in [-0.3, -0.25) is 4.79 Å². The summed E-state index contributed by atoms with van der Waals surface area (Å²) >= 11 is 6.08. The van der Waals surface area contributed by atoms with Crippen LogP contribution in [0.1, 0.15) is 35.2 Å². The van der Waals surface area contributed by atoms with Gasteiger partial charge in [-0.05, 0) is 37.5 Å². The number of amides is 1. The fraction of sp³-hybridized carbons (Fsp3) is 0.438. The first kappa shape index (κ1) is 15.8. The van der Waals surface area contributed by atoms with Crippen LogP contribution in [0.5, 0.6) is 0 Å². The molecule has 0 spiro atoms. The van der Waals surface area contributed by atoms with Gasteiger partial charge in [0.25, 0.3) is 5.91 Å². The molecule has 0 aliphatic heterocycles. The van der Waals surface area contributed by atoms with Crippen LogP contribution < -0.4 is 5.32 Å². The number of halogens is 1. The van der Waals surface area contributed by atoms with Gasteiger partial charge in [-0.1, -0.05) is 23.4 Å². The average Bonchev–Trinajstić information content (AvgIpc) is 2.45. The van der Waals surface area contributed by atoms with E-state index in [9.17, 15) is 4.79 Å². The minimum Gasteiger partial charge on any atom is -0.384 e.